The van der Waals surface area contributed by atoms with E-state index in [9.17, 15) is 25.1 Å². The number of esters is 1. The highest BCUT2D eigenvalue weighted by Crippen LogP contribution is 2.40. The zero-order valence-corrected chi connectivity index (χ0v) is 20.3. The van der Waals surface area contributed by atoms with Crippen LogP contribution >= 0.6 is 0 Å². The number of nitrogens with zero attached hydrogens (tertiary/aromatic N) is 4. The van der Waals surface area contributed by atoms with Gasteiger partial charge in [-0.3, -0.25) is 9.59 Å². The van der Waals surface area contributed by atoms with E-state index >= 15 is 0 Å². The van der Waals surface area contributed by atoms with Gasteiger partial charge in [-0.1, -0.05) is 46.5 Å². The van der Waals surface area contributed by atoms with Crippen LogP contribution in [0.25, 0.3) is 5.52 Å². The molecule has 3 rings (SSSR count). The Morgan fingerprint density at radius 3 is 2.71 bits per heavy atom. The summed E-state index contributed by atoms with van der Waals surface area (Å²) in [5, 5.41) is 38.3. The molecule has 11 nitrogen and oxygen atoms in total. The summed E-state index contributed by atoms with van der Waals surface area (Å²) >= 11 is 0. The van der Waals surface area contributed by atoms with Crippen LogP contribution in [0, 0.1) is 17.2 Å². The topological polar surface area (TPSA) is 159 Å². The number of anilines is 1. The quantitative estimate of drug-likeness (QED) is 0.318. The van der Waals surface area contributed by atoms with Gasteiger partial charge in [0, 0.05) is 6.42 Å². The molecule has 11 heteroatoms. The summed E-state index contributed by atoms with van der Waals surface area (Å²) in [6.45, 7) is 5.14. The first-order chi connectivity index (χ1) is 16.7. The maximum absolute atomic E-state index is 12.4. The summed E-state index contributed by atoms with van der Waals surface area (Å²) in [6, 6.07) is 5.07. The van der Waals surface area contributed by atoms with E-state index in [4.69, 9.17) is 9.47 Å². The molecule has 0 saturated carbocycles. The number of unbranched alkanes of at least 4 members (excludes halogenated alkanes) is 4. The fraction of sp³-hybridized carbons (Fsp3) is 0.625. The Morgan fingerprint density at radius 1 is 1.29 bits per heavy atom. The average Bonchev–Trinajstić information content (AvgIpc) is 3.38. The lowest BCUT2D eigenvalue weighted by molar-refractivity contribution is -0.154. The number of aliphatic hydroxyl groups excluding tert-OH is 2. The van der Waals surface area contributed by atoms with Gasteiger partial charge < -0.3 is 25.0 Å². The summed E-state index contributed by atoms with van der Waals surface area (Å²) in [5.41, 5.74) is -1.43. The van der Waals surface area contributed by atoms with Crippen LogP contribution in [-0.2, 0) is 24.7 Å². The highest BCUT2D eigenvalue weighted by molar-refractivity contribution is 5.93. The second kappa shape index (κ2) is 11.6. The highest BCUT2D eigenvalue weighted by atomic mass is 16.6. The Morgan fingerprint density at radius 2 is 2.03 bits per heavy atom. The van der Waals surface area contributed by atoms with Gasteiger partial charge >= 0.3 is 5.97 Å². The number of carbonyl (C=O) groups excluding carboxylic acids is 2. The summed E-state index contributed by atoms with van der Waals surface area (Å²) in [4.78, 5) is 28.4. The second-order valence-corrected chi connectivity index (χ2v) is 9.06. The number of hydrogen-bond acceptors (Lipinski definition) is 9. The molecule has 2 aromatic heterocycles. The molecule has 1 aliphatic heterocycles. The highest BCUT2D eigenvalue weighted by Gasteiger charge is 2.57. The van der Waals surface area contributed by atoms with Gasteiger partial charge in [-0.25, -0.2) is 9.50 Å². The van der Waals surface area contributed by atoms with Crippen molar-refractivity contribution in [3.8, 4) is 6.07 Å². The van der Waals surface area contributed by atoms with Gasteiger partial charge in [0.25, 0.3) is 0 Å². The SMILES string of the molecule is CCCCCCCC(=O)Nc1ncnn2c([C@]3(C#N)O[C@H](COC(=O)C(C)C)[C@@H](O)[C@H]3O)ccc12. The van der Waals surface area contributed by atoms with Gasteiger partial charge in [-0.2, -0.15) is 10.4 Å². The van der Waals surface area contributed by atoms with Crippen LogP contribution in [0.3, 0.4) is 0 Å². The Hall–Kier alpha value is -3.07. The molecule has 0 unspecified atom stereocenters. The number of carbonyl (C=O) groups is 2. The van der Waals surface area contributed by atoms with Crippen LogP contribution in [0.5, 0.6) is 0 Å². The maximum atomic E-state index is 12.4. The zero-order valence-electron chi connectivity index (χ0n) is 20.3. The Kier molecular flexibility index (Phi) is 8.77. The molecule has 1 aliphatic rings. The Labute approximate surface area is 204 Å². The normalized spacial score (nSPS) is 24.0. The summed E-state index contributed by atoms with van der Waals surface area (Å²) < 4.78 is 12.3. The van der Waals surface area contributed by atoms with Crippen LogP contribution in [0.15, 0.2) is 18.5 Å². The molecule has 1 fully saturated rings. The molecular formula is C24H33N5O6. The Bertz CT molecular complexity index is 1080. The van der Waals surface area contributed by atoms with E-state index < -0.39 is 29.9 Å². The van der Waals surface area contributed by atoms with E-state index in [-0.39, 0.29) is 29.9 Å². The monoisotopic (exact) mass is 487 g/mol. The number of ether oxygens (including phenoxy) is 2. The molecule has 0 aromatic carbocycles. The average molecular weight is 488 g/mol. The van der Waals surface area contributed by atoms with Crippen LogP contribution in [0.4, 0.5) is 5.82 Å². The second-order valence-electron chi connectivity index (χ2n) is 9.06. The van der Waals surface area contributed by atoms with Crippen molar-refractivity contribution in [2.45, 2.75) is 83.2 Å². The molecule has 2 aromatic rings. The van der Waals surface area contributed by atoms with Gasteiger partial charge in [0.15, 0.2) is 5.82 Å². The standard InChI is InChI=1S/C24H33N5O6/c1-4-5-6-7-8-9-19(30)28-22-16-10-11-18(29(16)27-14-26-22)24(13-25)21(32)20(31)17(35-24)12-34-23(33)15(2)3/h10-11,14-15,17,20-21,31-32H,4-9,12H2,1-3H3,(H,26,27,28,30)/t17-,20-,21-,24+/m1/s1. The van der Waals surface area contributed by atoms with Crippen molar-refractivity contribution in [1.29, 1.82) is 5.26 Å². The van der Waals surface area contributed by atoms with E-state index in [1.165, 1.54) is 16.9 Å². The number of aromatic nitrogens is 3. The van der Waals surface area contributed by atoms with Gasteiger partial charge in [0.05, 0.1) is 11.6 Å². The first kappa shape index (κ1) is 26.5. The third kappa shape index (κ3) is 5.61. The van der Waals surface area contributed by atoms with E-state index in [1.54, 1.807) is 19.9 Å². The zero-order chi connectivity index (χ0) is 25.6. The molecule has 4 atom stereocenters. The molecule has 0 radical (unpaired) electrons. The number of aliphatic hydroxyl groups is 2. The van der Waals surface area contributed by atoms with Gasteiger partial charge in [0.1, 0.15) is 42.8 Å². The van der Waals surface area contributed by atoms with E-state index in [0.29, 0.717) is 11.9 Å². The third-order valence-corrected chi connectivity index (χ3v) is 6.08. The van der Waals surface area contributed by atoms with Crippen LogP contribution in [0.1, 0.15) is 65.0 Å². The first-order valence-electron chi connectivity index (χ1n) is 12.0. The molecule has 1 amide bonds. The fourth-order valence-corrected chi connectivity index (χ4v) is 4.04. The van der Waals surface area contributed by atoms with Crippen LogP contribution < -0.4 is 5.32 Å². The van der Waals surface area contributed by atoms with Crippen molar-refractivity contribution < 1.29 is 29.3 Å². The number of rotatable bonds is 11. The molecule has 0 aliphatic carbocycles. The number of nitrogens with one attached hydrogen (secondary N) is 1. The van der Waals surface area contributed by atoms with Crippen molar-refractivity contribution in [2.75, 3.05) is 11.9 Å². The number of amides is 1. The predicted molar refractivity (Wildman–Crippen MR) is 125 cm³/mol. The van der Waals surface area contributed by atoms with Crippen molar-refractivity contribution in [3.63, 3.8) is 0 Å². The van der Waals surface area contributed by atoms with Gasteiger partial charge in [-0.15, -0.1) is 0 Å². The van der Waals surface area contributed by atoms with Crippen LogP contribution in [-0.4, -0.2) is 61.6 Å². The number of fused-ring (bicyclic) bond motifs is 1. The van der Waals surface area contributed by atoms with Crippen molar-refractivity contribution in [2.24, 2.45) is 5.92 Å². The summed E-state index contributed by atoms with van der Waals surface area (Å²) in [5.74, 6) is -0.792. The smallest absolute Gasteiger partial charge is 0.308 e. The van der Waals surface area contributed by atoms with Crippen molar-refractivity contribution in [1.82, 2.24) is 14.6 Å². The summed E-state index contributed by atoms with van der Waals surface area (Å²) in [6.07, 6.45) is 2.47. The number of hydrogen-bond donors (Lipinski definition) is 3. The summed E-state index contributed by atoms with van der Waals surface area (Å²) in [7, 11) is 0. The third-order valence-electron chi connectivity index (χ3n) is 6.08. The van der Waals surface area contributed by atoms with Gasteiger partial charge in [-0.05, 0) is 18.6 Å². The van der Waals surface area contributed by atoms with Gasteiger partial charge in [0.2, 0.25) is 11.5 Å². The molecule has 0 bridgehead atoms. The maximum Gasteiger partial charge on any atom is 0.308 e. The molecular weight excluding hydrogens is 454 g/mol. The van der Waals surface area contributed by atoms with E-state index in [0.717, 1.165) is 32.1 Å². The van der Waals surface area contributed by atoms with Crippen molar-refractivity contribution >= 4 is 23.2 Å². The first-order valence-corrected chi connectivity index (χ1v) is 12.0. The number of nitriles is 1. The van der Waals surface area contributed by atoms with Crippen molar-refractivity contribution in [3.05, 3.63) is 24.2 Å². The minimum Gasteiger partial charge on any atom is -0.463 e. The lowest BCUT2D eigenvalue weighted by atomic mass is 9.92. The van der Waals surface area contributed by atoms with Crippen LogP contribution in [0.2, 0.25) is 0 Å². The molecule has 0 spiro atoms. The fourth-order valence-electron chi connectivity index (χ4n) is 4.04. The lowest BCUT2D eigenvalue weighted by Crippen LogP contribution is -2.41. The van der Waals surface area contributed by atoms with E-state index in [2.05, 4.69) is 22.3 Å². The minimum absolute atomic E-state index is 0.150. The predicted octanol–water partition coefficient (Wildman–Crippen LogP) is 2.07. The molecule has 1 saturated heterocycles. The molecule has 3 N–H and O–H groups in total. The van der Waals surface area contributed by atoms with E-state index in [1.807, 2.05) is 6.07 Å². The molecule has 35 heavy (non-hydrogen) atoms. The lowest BCUT2D eigenvalue weighted by Gasteiger charge is -2.24. The molecule has 190 valence electrons. The Balaban J connectivity index is 1.79. The largest absolute Gasteiger partial charge is 0.463 e. The minimum atomic E-state index is -1.98. The molecule has 3 heterocycles.